The van der Waals surface area contributed by atoms with Gasteiger partial charge in [-0.05, 0) is 56.4 Å². The Morgan fingerprint density at radius 3 is 2.69 bits per heavy atom. The van der Waals surface area contributed by atoms with Crippen molar-refractivity contribution in [3.05, 3.63) is 72.1 Å². The molecule has 32 heavy (non-hydrogen) atoms. The Labute approximate surface area is 186 Å². The molecule has 1 aliphatic rings. The van der Waals surface area contributed by atoms with Crippen LogP contribution in [0.4, 0.5) is 5.82 Å². The average molecular weight is 430 g/mol. The molecule has 1 saturated carbocycles. The van der Waals surface area contributed by atoms with Crippen LogP contribution in [-0.2, 0) is 0 Å². The second-order valence-electron chi connectivity index (χ2n) is 8.54. The summed E-state index contributed by atoms with van der Waals surface area (Å²) in [7, 11) is 0. The van der Waals surface area contributed by atoms with Gasteiger partial charge in [0, 0.05) is 24.0 Å². The number of imidazole rings is 1. The van der Waals surface area contributed by atoms with Crippen LogP contribution in [0.3, 0.4) is 0 Å². The van der Waals surface area contributed by atoms with Gasteiger partial charge in [0.05, 0.1) is 23.2 Å². The Bertz CT molecular complexity index is 1250. The van der Waals surface area contributed by atoms with Crippen LogP contribution in [-0.4, -0.2) is 37.5 Å². The third kappa shape index (κ3) is 4.03. The van der Waals surface area contributed by atoms with E-state index in [1.165, 1.54) is 0 Å². The fourth-order valence-electron chi connectivity index (χ4n) is 4.41. The number of aromatic nitrogens is 3. The van der Waals surface area contributed by atoms with Crippen LogP contribution in [0.2, 0.25) is 0 Å². The van der Waals surface area contributed by atoms with Crippen LogP contribution < -0.4 is 10.6 Å². The van der Waals surface area contributed by atoms with Crippen LogP contribution in [0.25, 0.3) is 16.7 Å². The topological polar surface area (TPSA) is 91.5 Å². The van der Waals surface area contributed by atoms with Gasteiger partial charge in [-0.3, -0.25) is 9.20 Å². The zero-order valence-electron chi connectivity index (χ0n) is 18.0. The number of fused-ring (bicyclic) bond motifs is 3. The molecule has 0 aliphatic heterocycles. The maximum Gasteiger partial charge on any atom is 0.251 e. The normalized spacial score (nSPS) is 19.7. The van der Waals surface area contributed by atoms with Gasteiger partial charge in [0.25, 0.3) is 5.91 Å². The summed E-state index contributed by atoms with van der Waals surface area (Å²) in [4.78, 5) is 22.2. The van der Waals surface area contributed by atoms with Gasteiger partial charge in [0.1, 0.15) is 0 Å². The molecule has 164 valence electrons. The second-order valence-corrected chi connectivity index (χ2v) is 8.54. The molecule has 3 N–H and O–H groups in total. The van der Waals surface area contributed by atoms with E-state index in [-0.39, 0.29) is 24.1 Å². The Morgan fingerprint density at radius 2 is 1.91 bits per heavy atom. The van der Waals surface area contributed by atoms with E-state index in [2.05, 4.69) is 15.6 Å². The maximum absolute atomic E-state index is 12.9. The summed E-state index contributed by atoms with van der Waals surface area (Å²) in [5.41, 5.74) is 4.01. The van der Waals surface area contributed by atoms with E-state index >= 15 is 0 Å². The van der Waals surface area contributed by atoms with Gasteiger partial charge < -0.3 is 15.7 Å². The zero-order chi connectivity index (χ0) is 22.1. The predicted octanol–water partition coefficient (Wildman–Crippen LogP) is 4.09. The molecule has 4 aromatic rings. The minimum Gasteiger partial charge on any atom is -0.393 e. The molecule has 1 aliphatic carbocycles. The van der Waals surface area contributed by atoms with E-state index in [1.807, 2.05) is 66.1 Å². The minimum absolute atomic E-state index is 0.0913. The summed E-state index contributed by atoms with van der Waals surface area (Å²) >= 11 is 0. The molecule has 2 aromatic heterocycles. The molecule has 0 radical (unpaired) electrons. The van der Waals surface area contributed by atoms with E-state index in [0.29, 0.717) is 5.56 Å². The first-order valence-corrected chi connectivity index (χ1v) is 11.2. The summed E-state index contributed by atoms with van der Waals surface area (Å²) in [6.07, 6.45) is 6.86. The monoisotopic (exact) mass is 429 g/mol. The number of carbonyl (C=O) groups is 1. The highest BCUT2D eigenvalue weighted by molar-refractivity contribution is 5.98. The van der Waals surface area contributed by atoms with Gasteiger partial charge in [-0.25, -0.2) is 9.97 Å². The van der Waals surface area contributed by atoms with Crippen molar-refractivity contribution in [1.29, 1.82) is 0 Å². The smallest absolute Gasteiger partial charge is 0.251 e. The van der Waals surface area contributed by atoms with Crippen LogP contribution in [0.1, 0.15) is 54.6 Å². The molecule has 0 spiro atoms. The summed E-state index contributed by atoms with van der Waals surface area (Å²) in [6, 6.07) is 15.7. The van der Waals surface area contributed by atoms with Crippen molar-refractivity contribution in [3.63, 3.8) is 0 Å². The quantitative estimate of drug-likeness (QED) is 0.444. The second kappa shape index (κ2) is 8.59. The molecule has 7 nitrogen and oxygen atoms in total. The number of carbonyl (C=O) groups excluding carboxylic acids is 1. The van der Waals surface area contributed by atoms with Crippen molar-refractivity contribution in [2.75, 3.05) is 5.32 Å². The average Bonchev–Trinajstić information content (AvgIpc) is 3.32. The molecular weight excluding hydrogens is 402 g/mol. The van der Waals surface area contributed by atoms with Crippen molar-refractivity contribution in [1.82, 2.24) is 19.7 Å². The van der Waals surface area contributed by atoms with E-state index in [0.717, 1.165) is 53.7 Å². The maximum atomic E-state index is 12.9. The Kier molecular flexibility index (Phi) is 5.49. The van der Waals surface area contributed by atoms with Crippen LogP contribution in [0, 0.1) is 0 Å². The SMILES string of the molecule is C[C@H](NC(=O)c1ccc2nc(NC3CCC(O)CC3)c3nccn3c2c1)c1ccccc1. The number of anilines is 1. The molecule has 1 amide bonds. The number of nitrogens with zero attached hydrogens (tertiary/aromatic N) is 3. The first-order valence-electron chi connectivity index (χ1n) is 11.2. The van der Waals surface area contributed by atoms with E-state index < -0.39 is 0 Å². The van der Waals surface area contributed by atoms with E-state index in [9.17, 15) is 9.90 Å². The van der Waals surface area contributed by atoms with E-state index in [1.54, 1.807) is 6.20 Å². The van der Waals surface area contributed by atoms with Gasteiger partial charge in [-0.15, -0.1) is 0 Å². The number of hydrogen-bond acceptors (Lipinski definition) is 5. The molecule has 2 aromatic carbocycles. The minimum atomic E-state index is -0.196. The van der Waals surface area contributed by atoms with Crippen molar-refractivity contribution in [2.24, 2.45) is 0 Å². The highest BCUT2D eigenvalue weighted by atomic mass is 16.3. The summed E-state index contributed by atoms with van der Waals surface area (Å²) in [6.45, 7) is 1.98. The van der Waals surface area contributed by atoms with E-state index in [4.69, 9.17) is 4.98 Å². The lowest BCUT2D eigenvalue weighted by Crippen LogP contribution is -2.28. The lowest BCUT2D eigenvalue weighted by atomic mass is 9.93. The van der Waals surface area contributed by atoms with Crippen molar-refractivity contribution in [2.45, 2.75) is 50.8 Å². The number of benzene rings is 2. The number of rotatable bonds is 5. The highest BCUT2D eigenvalue weighted by Gasteiger charge is 2.21. The molecule has 2 heterocycles. The van der Waals surface area contributed by atoms with Crippen molar-refractivity contribution in [3.8, 4) is 0 Å². The zero-order valence-corrected chi connectivity index (χ0v) is 18.0. The molecule has 5 rings (SSSR count). The Balaban J connectivity index is 1.42. The number of aliphatic hydroxyl groups excluding tert-OH is 1. The largest absolute Gasteiger partial charge is 0.393 e. The lowest BCUT2D eigenvalue weighted by molar-refractivity contribution is 0.0940. The van der Waals surface area contributed by atoms with Gasteiger partial charge in [0.2, 0.25) is 0 Å². The Hall–Kier alpha value is -3.45. The van der Waals surface area contributed by atoms with Gasteiger partial charge >= 0.3 is 0 Å². The third-order valence-corrected chi connectivity index (χ3v) is 6.27. The van der Waals surface area contributed by atoms with Crippen LogP contribution in [0.15, 0.2) is 60.9 Å². The molecule has 1 fully saturated rings. The van der Waals surface area contributed by atoms with Crippen LogP contribution >= 0.6 is 0 Å². The molecule has 0 saturated heterocycles. The molecule has 0 unspecified atom stereocenters. The third-order valence-electron chi connectivity index (χ3n) is 6.27. The first kappa shape index (κ1) is 20.5. The van der Waals surface area contributed by atoms with Crippen molar-refractivity contribution < 1.29 is 9.90 Å². The fourth-order valence-corrected chi connectivity index (χ4v) is 4.41. The number of nitrogens with one attached hydrogen (secondary N) is 2. The highest BCUT2D eigenvalue weighted by Crippen LogP contribution is 2.26. The molecule has 7 heteroatoms. The van der Waals surface area contributed by atoms with Gasteiger partial charge in [0.15, 0.2) is 11.5 Å². The molecule has 0 bridgehead atoms. The number of hydrogen-bond donors (Lipinski definition) is 3. The predicted molar refractivity (Wildman–Crippen MR) is 125 cm³/mol. The lowest BCUT2D eigenvalue weighted by Gasteiger charge is -2.26. The number of amides is 1. The molecule has 1 atom stereocenters. The summed E-state index contributed by atoms with van der Waals surface area (Å²) in [5.74, 6) is 0.610. The Morgan fingerprint density at radius 1 is 1.12 bits per heavy atom. The summed E-state index contributed by atoms with van der Waals surface area (Å²) < 4.78 is 1.97. The number of aliphatic hydroxyl groups is 1. The van der Waals surface area contributed by atoms with Crippen LogP contribution in [0.5, 0.6) is 0 Å². The van der Waals surface area contributed by atoms with Gasteiger partial charge in [-0.2, -0.15) is 0 Å². The standard InChI is InChI=1S/C25H27N5O2/c1-16(17-5-3-2-4-6-17)27-25(32)18-7-12-21-22(15-18)30-14-13-26-24(30)23(29-21)28-19-8-10-20(31)11-9-19/h2-7,12-16,19-20,31H,8-11H2,1H3,(H,27,32)(H,28,29)/t16-,19?,20?/m0/s1. The first-order chi connectivity index (χ1) is 15.6. The summed E-state index contributed by atoms with van der Waals surface area (Å²) in [5, 5.41) is 16.4. The van der Waals surface area contributed by atoms with Gasteiger partial charge in [-0.1, -0.05) is 30.3 Å². The fraction of sp³-hybridized carbons (Fsp3) is 0.320. The van der Waals surface area contributed by atoms with Crippen molar-refractivity contribution >= 4 is 28.4 Å². The molecular formula is C25H27N5O2.